The molecule has 0 atom stereocenters. The van der Waals surface area contributed by atoms with Crippen LogP contribution in [-0.2, 0) is 0 Å². The second kappa shape index (κ2) is 9.09. The minimum absolute atomic E-state index is 0.920. The average Bonchev–Trinajstić information content (AvgIpc) is 1.97. The number of allylic oxidation sites excluding steroid dienone is 4. The fourth-order valence-corrected chi connectivity index (χ4v) is 4.79. The maximum absolute atomic E-state index is 3.57. The summed E-state index contributed by atoms with van der Waals surface area (Å²) in [4.78, 5) is 0. The summed E-state index contributed by atoms with van der Waals surface area (Å²) in [6.45, 7) is 3.57. The van der Waals surface area contributed by atoms with E-state index in [1.54, 1.807) is 6.08 Å². The van der Waals surface area contributed by atoms with Gasteiger partial charge in [0.1, 0.15) is 0 Å². The Morgan fingerprint density at radius 1 is 1.20 bits per heavy atom. The maximum atomic E-state index is 3.57. The van der Waals surface area contributed by atoms with E-state index < -0.39 is 0 Å². The van der Waals surface area contributed by atoms with Crippen molar-refractivity contribution < 1.29 is 0 Å². The van der Waals surface area contributed by atoms with Crippen molar-refractivity contribution in [2.45, 2.75) is 0 Å². The Morgan fingerprint density at radius 2 is 2.00 bits per heavy atom. The van der Waals surface area contributed by atoms with E-state index in [1.807, 2.05) is 12.2 Å². The summed E-state index contributed by atoms with van der Waals surface area (Å²) in [6.07, 6.45) is 7.78. The standard InChI is InChI=1S/C6H7Si4/c1-2-3-4-5-6-8-10-9-7/h2-6H,1H2/b4-3+,6-5+,10-8?. The molecule has 0 bridgehead atoms. The van der Waals surface area contributed by atoms with Gasteiger partial charge >= 0.3 is 0 Å². The van der Waals surface area contributed by atoms with Crippen molar-refractivity contribution in [3.05, 3.63) is 36.6 Å². The van der Waals surface area contributed by atoms with Crippen molar-refractivity contribution in [3.8, 4) is 0 Å². The zero-order valence-electron chi connectivity index (χ0n) is 5.59. The molecule has 0 aromatic heterocycles. The Hall–Kier alpha value is 0.0875. The van der Waals surface area contributed by atoms with Crippen LogP contribution in [0.15, 0.2) is 36.6 Å². The van der Waals surface area contributed by atoms with Crippen molar-refractivity contribution in [3.63, 3.8) is 0 Å². The molecule has 0 rings (SSSR count). The van der Waals surface area contributed by atoms with Gasteiger partial charge in [-0.25, -0.2) is 0 Å². The predicted molar refractivity (Wildman–Crippen MR) is 51.5 cm³/mol. The van der Waals surface area contributed by atoms with Crippen molar-refractivity contribution in [2.24, 2.45) is 0 Å². The summed E-state index contributed by atoms with van der Waals surface area (Å²) in [6, 6.07) is 0. The van der Waals surface area contributed by atoms with Gasteiger partial charge in [-0.15, -0.1) is 0 Å². The first kappa shape index (κ1) is 10.1. The van der Waals surface area contributed by atoms with E-state index >= 15 is 0 Å². The molecule has 47 valence electrons. The van der Waals surface area contributed by atoms with Gasteiger partial charge in [-0.3, -0.25) is 0 Å². The van der Waals surface area contributed by atoms with Crippen molar-refractivity contribution >= 4 is 34.2 Å². The molecule has 0 amide bonds. The summed E-state index contributed by atoms with van der Waals surface area (Å²) < 4.78 is 0. The first-order chi connectivity index (χ1) is 4.91. The first-order valence-electron chi connectivity index (χ1n) is 2.78. The summed E-state index contributed by atoms with van der Waals surface area (Å²) in [5.74, 6) is 0. The van der Waals surface area contributed by atoms with E-state index in [2.05, 4.69) is 27.7 Å². The van der Waals surface area contributed by atoms with Crippen molar-refractivity contribution in [1.29, 1.82) is 0 Å². The van der Waals surface area contributed by atoms with Crippen LogP contribution >= 0.6 is 0 Å². The minimum atomic E-state index is 0.920. The zero-order valence-corrected chi connectivity index (χ0v) is 9.59. The molecule has 0 aliphatic rings. The molecule has 0 saturated heterocycles. The molecular formula is C6H7Si4. The molecule has 0 N–H and O–H groups in total. The number of hydrogen-bond acceptors (Lipinski definition) is 0. The van der Waals surface area contributed by atoms with Crippen molar-refractivity contribution in [1.82, 2.24) is 0 Å². The van der Waals surface area contributed by atoms with Crippen LogP contribution in [0.2, 0.25) is 0 Å². The van der Waals surface area contributed by atoms with Crippen LogP contribution in [0.25, 0.3) is 0 Å². The molecule has 0 spiro atoms. The number of hydrogen-bond donors (Lipinski definition) is 0. The second-order valence-electron chi connectivity index (χ2n) is 1.37. The molecule has 0 heterocycles. The fourth-order valence-electron chi connectivity index (χ4n) is 0.324. The Balaban J connectivity index is 3.55. The highest BCUT2D eigenvalue weighted by Gasteiger charge is 1.61. The van der Waals surface area contributed by atoms with Gasteiger partial charge in [0.25, 0.3) is 0 Å². The topological polar surface area (TPSA) is 0 Å². The van der Waals surface area contributed by atoms with Crippen LogP contribution in [0.1, 0.15) is 0 Å². The van der Waals surface area contributed by atoms with E-state index in [0.29, 0.717) is 0 Å². The lowest BCUT2D eigenvalue weighted by Gasteiger charge is -1.68. The molecule has 4 heteroatoms. The van der Waals surface area contributed by atoms with Gasteiger partial charge in [0, 0.05) is 34.2 Å². The molecule has 0 saturated carbocycles. The third-order valence-corrected chi connectivity index (χ3v) is 8.41. The largest absolute Gasteiger partial charge is 0.0991 e. The molecule has 0 aromatic rings. The van der Waals surface area contributed by atoms with Gasteiger partial charge in [0.2, 0.25) is 0 Å². The Kier molecular flexibility index (Phi) is 9.17. The van der Waals surface area contributed by atoms with E-state index in [0.717, 1.165) is 24.9 Å². The third-order valence-electron chi connectivity index (χ3n) is 0.673. The average molecular weight is 191 g/mol. The minimum Gasteiger partial charge on any atom is -0.0991 e. The lowest BCUT2D eigenvalue weighted by molar-refractivity contribution is 1.97. The zero-order chi connectivity index (χ0) is 7.66. The maximum Gasteiger partial charge on any atom is 0.0242 e. The van der Waals surface area contributed by atoms with Gasteiger partial charge in [-0.2, -0.15) is 0 Å². The first-order valence-corrected chi connectivity index (χ1v) is 9.36. The molecule has 0 aliphatic carbocycles. The highest BCUT2D eigenvalue weighted by atomic mass is 29.5. The summed E-state index contributed by atoms with van der Waals surface area (Å²) in [7, 11) is 6.39. The van der Waals surface area contributed by atoms with Crippen LogP contribution in [0.5, 0.6) is 0 Å². The van der Waals surface area contributed by atoms with E-state index in [4.69, 9.17) is 0 Å². The summed E-state index contributed by atoms with van der Waals surface area (Å²) in [5.41, 5.74) is 2.20. The lowest BCUT2D eigenvalue weighted by atomic mass is 10.5. The molecule has 5 radical (unpaired) electrons. The highest BCUT2D eigenvalue weighted by molar-refractivity contribution is 7.16. The smallest absolute Gasteiger partial charge is 0.0242 e. The predicted octanol–water partition coefficient (Wildman–Crippen LogP) is 0.268. The van der Waals surface area contributed by atoms with Gasteiger partial charge < -0.3 is 0 Å². The van der Waals surface area contributed by atoms with Gasteiger partial charge in [0.15, 0.2) is 0 Å². The summed E-state index contributed by atoms with van der Waals surface area (Å²) >= 11 is 0. The van der Waals surface area contributed by atoms with Gasteiger partial charge in [-0.1, -0.05) is 36.6 Å². The molecule has 10 heavy (non-hydrogen) atoms. The highest BCUT2D eigenvalue weighted by Crippen LogP contribution is 1.73. The molecule has 0 unspecified atom stereocenters. The quantitative estimate of drug-likeness (QED) is 0.442. The lowest BCUT2D eigenvalue weighted by Crippen LogP contribution is -1.85. The monoisotopic (exact) mass is 191 g/mol. The number of rotatable bonds is 4. The Labute approximate surface area is 71.1 Å². The van der Waals surface area contributed by atoms with Crippen LogP contribution < -0.4 is 0 Å². The Bertz CT molecular complexity index is 158. The van der Waals surface area contributed by atoms with E-state index in [9.17, 15) is 0 Å². The molecule has 0 aromatic carbocycles. The summed E-state index contributed by atoms with van der Waals surface area (Å²) in [5, 5.41) is 0. The van der Waals surface area contributed by atoms with Crippen LogP contribution in [-0.4, -0.2) is 34.2 Å². The second-order valence-corrected chi connectivity index (χ2v) is 9.36. The van der Waals surface area contributed by atoms with Gasteiger partial charge in [-0.05, 0) is 0 Å². The van der Waals surface area contributed by atoms with Crippen molar-refractivity contribution in [2.75, 3.05) is 0 Å². The third kappa shape index (κ3) is 8.09. The molecule has 0 nitrogen and oxygen atoms in total. The molecule has 0 fully saturated rings. The van der Waals surface area contributed by atoms with Crippen LogP contribution in [0.3, 0.4) is 0 Å². The normalized spacial score (nSPS) is 11.6. The fraction of sp³-hybridized carbons (Fsp3) is 0. The molecule has 0 aliphatic heterocycles. The van der Waals surface area contributed by atoms with E-state index in [1.165, 1.54) is 0 Å². The van der Waals surface area contributed by atoms with Crippen LogP contribution in [0.4, 0.5) is 0 Å². The SMILES string of the molecule is C=C/C=C/C=C/[Si]=[Si][Si]=[Si]. The van der Waals surface area contributed by atoms with E-state index in [-0.39, 0.29) is 0 Å². The molecular weight excluding hydrogens is 184 g/mol. The van der Waals surface area contributed by atoms with Gasteiger partial charge in [0.05, 0.1) is 0 Å². The van der Waals surface area contributed by atoms with Crippen LogP contribution in [0, 0.1) is 0 Å². The Morgan fingerprint density at radius 3 is 2.60 bits per heavy atom.